The van der Waals surface area contributed by atoms with Crippen molar-refractivity contribution < 1.29 is 0 Å². The third kappa shape index (κ3) is 5.78. The number of benzene rings is 1. The summed E-state index contributed by atoms with van der Waals surface area (Å²) in [5.74, 6) is 2.06. The summed E-state index contributed by atoms with van der Waals surface area (Å²) in [4.78, 5) is 0. The predicted octanol–water partition coefficient (Wildman–Crippen LogP) is 4.62. The van der Waals surface area contributed by atoms with E-state index in [1.54, 1.807) is 0 Å². The zero-order valence-corrected chi connectivity index (χ0v) is 13.5. The molecule has 0 aliphatic rings. The number of rotatable bonds is 7. The first-order chi connectivity index (χ1) is 8.90. The molecule has 0 aromatic heterocycles. The summed E-state index contributed by atoms with van der Waals surface area (Å²) >= 11 is 0. The van der Waals surface area contributed by atoms with Crippen LogP contribution < -0.4 is 5.32 Å². The Bertz CT molecular complexity index is 348. The summed E-state index contributed by atoms with van der Waals surface area (Å²) in [7, 11) is 0. The molecule has 1 rings (SSSR count). The van der Waals surface area contributed by atoms with Gasteiger partial charge in [0.1, 0.15) is 0 Å². The molecule has 1 heteroatoms. The van der Waals surface area contributed by atoms with E-state index < -0.39 is 0 Å². The highest BCUT2D eigenvalue weighted by Crippen LogP contribution is 2.20. The van der Waals surface area contributed by atoms with Gasteiger partial charge in [0.2, 0.25) is 0 Å². The van der Waals surface area contributed by atoms with Gasteiger partial charge in [-0.2, -0.15) is 0 Å². The minimum atomic E-state index is 0.574. The maximum Gasteiger partial charge on any atom is 0.00104 e. The minimum absolute atomic E-state index is 0.574. The van der Waals surface area contributed by atoms with Crippen LogP contribution in [0.1, 0.15) is 58.6 Å². The first-order valence-electron chi connectivity index (χ1n) is 7.72. The fourth-order valence-electron chi connectivity index (χ4n) is 2.27. The molecule has 0 saturated heterocycles. The van der Waals surface area contributed by atoms with E-state index in [-0.39, 0.29) is 0 Å². The maximum atomic E-state index is 3.58. The van der Waals surface area contributed by atoms with Crippen LogP contribution in [0.3, 0.4) is 0 Å². The van der Waals surface area contributed by atoms with Crippen molar-refractivity contribution in [1.29, 1.82) is 0 Å². The lowest BCUT2D eigenvalue weighted by Crippen LogP contribution is -2.32. The van der Waals surface area contributed by atoms with Crippen LogP contribution in [0.4, 0.5) is 0 Å². The van der Waals surface area contributed by atoms with Gasteiger partial charge >= 0.3 is 0 Å². The number of hydrogen-bond donors (Lipinski definition) is 1. The lowest BCUT2D eigenvalue weighted by atomic mass is 9.88. The molecule has 0 spiro atoms. The molecule has 1 aromatic rings. The van der Waals surface area contributed by atoms with Crippen LogP contribution in [0, 0.1) is 11.8 Å². The molecule has 1 atom stereocenters. The van der Waals surface area contributed by atoms with Gasteiger partial charge in [-0.05, 0) is 41.8 Å². The SMILES string of the molecule is CC(C)NCC(Cc1ccc(C(C)C)cc1)C(C)C. The van der Waals surface area contributed by atoms with Gasteiger partial charge in [0.15, 0.2) is 0 Å². The van der Waals surface area contributed by atoms with E-state index in [2.05, 4.69) is 71.1 Å². The van der Waals surface area contributed by atoms with Crippen LogP contribution >= 0.6 is 0 Å². The van der Waals surface area contributed by atoms with Crippen LogP contribution in [-0.4, -0.2) is 12.6 Å². The van der Waals surface area contributed by atoms with Crippen LogP contribution in [0.15, 0.2) is 24.3 Å². The Kier molecular flexibility index (Phi) is 6.57. The van der Waals surface area contributed by atoms with Crippen molar-refractivity contribution in [2.45, 2.75) is 59.9 Å². The quantitative estimate of drug-likeness (QED) is 0.755. The molecule has 0 bridgehead atoms. The highest BCUT2D eigenvalue weighted by atomic mass is 14.9. The average molecular weight is 261 g/mol. The van der Waals surface area contributed by atoms with E-state index in [0.29, 0.717) is 17.9 Å². The lowest BCUT2D eigenvalue weighted by Gasteiger charge is -2.23. The van der Waals surface area contributed by atoms with Gasteiger partial charge in [0.05, 0.1) is 0 Å². The molecule has 0 radical (unpaired) electrons. The second-order valence-electron chi connectivity index (χ2n) is 6.67. The molecule has 0 amide bonds. The fourth-order valence-corrected chi connectivity index (χ4v) is 2.27. The van der Waals surface area contributed by atoms with E-state index in [9.17, 15) is 0 Å². The smallest absolute Gasteiger partial charge is 0.00104 e. The summed E-state index contributed by atoms with van der Waals surface area (Å²) in [6.07, 6.45) is 1.18. The van der Waals surface area contributed by atoms with E-state index in [0.717, 1.165) is 12.5 Å². The van der Waals surface area contributed by atoms with Gasteiger partial charge in [-0.1, -0.05) is 65.8 Å². The molecule has 108 valence electrons. The highest BCUT2D eigenvalue weighted by molar-refractivity contribution is 5.25. The molecule has 1 N–H and O–H groups in total. The van der Waals surface area contributed by atoms with Gasteiger partial charge in [-0.3, -0.25) is 0 Å². The maximum absolute atomic E-state index is 3.58. The van der Waals surface area contributed by atoms with Crippen molar-refractivity contribution in [2.75, 3.05) is 6.54 Å². The van der Waals surface area contributed by atoms with Crippen molar-refractivity contribution in [2.24, 2.45) is 11.8 Å². The first-order valence-corrected chi connectivity index (χ1v) is 7.72. The number of hydrogen-bond acceptors (Lipinski definition) is 1. The summed E-state index contributed by atoms with van der Waals surface area (Å²) < 4.78 is 0. The highest BCUT2D eigenvalue weighted by Gasteiger charge is 2.14. The van der Waals surface area contributed by atoms with Crippen molar-refractivity contribution in [1.82, 2.24) is 5.32 Å². The van der Waals surface area contributed by atoms with Gasteiger partial charge < -0.3 is 5.32 Å². The molecular weight excluding hydrogens is 230 g/mol. The van der Waals surface area contributed by atoms with E-state index in [1.165, 1.54) is 17.5 Å². The lowest BCUT2D eigenvalue weighted by molar-refractivity contribution is 0.349. The molecule has 0 aliphatic carbocycles. The second kappa shape index (κ2) is 7.69. The summed E-state index contributed by atoms with van der Waals surface area (Å²) in [6, 6.07) is 9.75. The normalized spacial score (nSPS) is 13.5. The van der Waals surface area contributed by atoms with Crippen LogP contribution in [0.25, 0.3) is 0 Å². The van der Waals surface area contributed by atoms with Gasteiger partial charge in [-0.25, -0.2) is 0 Å². The molecule has 0 aliphatic heterocycles. The Labute approximate surface area is 119 Å². The zero-order valence-electron chi connectivity index (χ0n) is 13.5. The largest absolute Gasteiger partial charge is 0.314 e. The molecule has 1 aromatic carbocycles. The predicted molar refractivity (Wildman–Crippen MR) is 85.7 cm³/mol. The van der Waals surface area contributed by atoms with Gasteiger partial charge in [0.25, 0.3) is 0 Å². The van der Waals surface area contributed by atoms with Crippen LogP contribution in [0.2, 0.25) is 0 Å². The molecule has 19 heavy (non-hydrogen) atoms. The minimum Gasteiger partial charge on any atom is -0.314 e. The van der Waals surface area contributed by atoms with Gasteiger partial charge in [-0.15, -0.1) is 0 Å². The van der Waals surface area contributed by atoms with Crippen molar-refractivity contribution >= 4 is 0 Å². The fraction of sp³-hybridized carbons (Fsp3) is 0.667. The Hall–Kier alpha value is -0.820. The standard InChI is InChI=1S/C18H31N/c1-13(2)17-9-7-16(8-10-17)11-18(14(3)4)12-19-15(5)6/h7-10,13-15,18-19H,11-12H2,1-6H3. The molecule has 0 heterocycles. The van der Waals surface area contributed by atoms with E-state index in [4.69, 9.17) is 0 Å². The van der Waals surface area contributed by atoms with Crippen LogP contribution in [0.5, 0.6) is 0 Å². The monoisotopic (exact) mass is 261 g/mol. The zero-order chi connectivity index (χ0) is 14.4. The summed E-state index contributed by atoms with van der Waals surface area (Å²) in [6.45, 7) is 14.7. The third-order valence-electron chi connectivity index (χ3n) is 3.88. The Morgan fingerprint density at radius 2 is 1.47 bits per heavy atom. The molecule has 0 saturated carbocycles. The Morgan fingerprint density at radius 1 is 0.895 bits per heavy atom. The second-order valence-corrected chi connectivity index (χ2v) is 6.67. The number of nitrogens with one attached hydrogen (secondary N) is 1. The van der Waals surface area contributed by atoms with Crippen molar-refractivity contribution in [3.8, 4) is 0 Å². The molecular formula is C18H31N. The average Bonchev–Trinajstić information content (AvgIpc) is 2.34. The molecule has 0 fully saturated rings. The first kappa shape index (κ1) is 16.2. The molecule has 1 unspecified atom stereocenters. The molecule has 1 nitrogen and oxygen atoms in total. The van der Waals surface area contributed by atoms with Crippen molar-refractivity contribution in [3.63, 3.8) is 0 Å². The Morgan fingerprint density at radius 3 is 1.89 bits per heavy atom. The van der Waals surface area contributed by atoms with E-state index in [1.807, 2.05) is 0 Å². The van der Waals surface area contributed by atoms with Gasteiger partial charge in [0, 0.05) is 6.04 Å². The topological polar surface area (TPSA) is 12.0 Å². The van der Waals surface area contributed by atoms with E-state index >= 15 is 0 Å². The Balaban J connectivity index is 2.63. The van der Waals surface area contributed by atoms with Crippen molar-refractivity contribution in [3.05, 3.63) is 35.4 Å². The summed E-state index contributed by atoms with van der Waals surface area (Å²) in [5.41, 5.74) is 2.90. The summed E-state index contributed by atoms with van der Waals surface area (Å²) in [5, 5.41) is 3.58. The van der Waals surface area contributed by atoms with Crippen LogP contribution in [-0.2, 0) is 6.42 Å². The third-order valence-corrected chi connectivity index (χ3v) is 3.88.